The van der Waals surface area contributed by atoms with E-state index in [9.17, 15) is 19.5 Å². The summed E-state index contributed by atoms with van der Waals surface area (Å²) >= 11 is 7.85. The fourth-order valence-corrected chi connectivity index (χ4v) is 14.0. The predicted octanol–water partition coefficient (Wildman–Crippen LogP) is 10.5. The number of hydrogen-bond donors (Lipinski definition) is 1. The SMILES string of the molecule is CC(C)C1=C2C3CCC4[C@@]5(C)CC[C@H](OC(=O)CC(C)(C)C(=O)O)C(C)(C)C5CC[C@@]4(C)[C@]3(C)CC[C@@]2(c2nnc(-c3ccc(Cl)cc3)s2)CC1=O. The van der Waals surface area contributed by atoms with Gasteiger partial charge in [-0.3, -0.25) is 14.4 Å². The molecule has 1 N–H and O–H groups in total. The van der Waals surface area contributed by atoms with E-state index in [-0.39, 0.29) is 40.1 Å². The van der Waals surface area contributed by atoms with Crippen LogP contribution in [0.25, 0.3) is 10.6 Å². The number of Topliss-reactive ketones (excluding diaryl/α,β-unsaturated/α-hetero) is 1. The highest BCUT2D eigenvalue weighted by Gasteiger charge is 2.70. The second-order valence-corrected chi connectivity index (χ2v) is 20.8. The molecule has 0 amide bonds. The van der Waals surface area contributed by atoms with E-state index < -0.39 is 22.8 Å². The minimum Gasteiger partial charge on any atom is -0.481 e. The number of ether oxygens (including phenoxy) is 1. The number of ketones is 1. The largest absolute Gasteiger partial charge is 0.481 e. The third-order valence-corrected chi connectivity index (χ3v) is 17.2. The van der Waals surface area contributed by atoms with Crippen LogP contribution in [-0.2, 0) is 24.5 Å². The van der Waals surface area contributed by atoms with Crippen molar-refractivity contribution < 1.29 is 24.2 Å². The fraction of sp³-hybridized carbons (Fsp3) is 0.698. The maximum absolute atomic E-state index is 14.2. The molecule has 7 rings (SSSR count). The fourth-order valence-electron chi connectivity index (χ4n) is 12.8. The molecule has 1 heterocycles. The van der Waals surface area contributed by atoms with Crippen LogP contribution < -0.4 is 0 Å². The van der Waals surface area contributed by atoms with Crippen LogP contribution in [0.3, 0.4) is 0 Å². The number of carboxylic acid groups (broad SMARTS) is 1. The van der Waals surface area contributed by atoms with Crippen molar-refractivity contribution in [3.63, 3.8) is 0 Å². The Hall–Kier alpha value is -2.58. The number of aliphatic carboxylic acids is 1. The monoisotopic (exact) mass is 748 g/mol. The summed E-state index contributed by atoms with van der Waals surface area (Å²) in [5.74, 6) is 0.233. The number of carboxylic acids is 1. The third kappa shape index (κ3) is 5.41. The highest BCUT2D eigenvalue weighted by atomic mass is 35.5. The molecular formula is C43H57ClN2O5S. The van der Waals surface area contributed by atoms with Crippen LogP contribution in [0.15, 0.2) is 35.4 Å². The molecule has 3 unspecified atom stereocenters. The molecule has 7 nitrogen and oxygen atoms in total. The van der Waals surface area contributed by atoms with Gasteiger partial charge in [-0.1, -0.05) is 83.5 Å². The zero-order valence-electron chi connectivity index (χ0n) is 32.5. The van der Waals surface area contributed by atoms with E-state index in [1.807, 2.05) is 24.3 Å². The molecule has 8 atom stereocenters. The standard InChI is InChI=1S/C43H57ClN2O5S/c1-24(2)33-28(47)22-43(36-46-45-35(52-36)25-10-12-26(44)13-11-25)21-20-41(8)27(34(33)43)14-15-30-40(7)18-17-31(51-32(48)23-38(3,4)37(49)50)39(5,6)29(40)16-19-42(30,41)9/h10-13,24,27,29-31H,14-23H2,1-9H3,(H,49,50)/t27?,29?,30?,31-,40-,41+,42+,43+/m0/s1. The normalized spacial score (nSPS) is 36.9. The first kappa shape index (κ1) is 37.7. The van der Waals surface area contributed by atoms with Gasteiger partial charge in [-0.05, 0) is 128 Å². The van der Waals surface area contributed by atoms with Crippen molar-refractivity contribution in [2.24, 2.45) is 50.7 Å². The molecule has 4 fully saturated rings. The summed E-state index contributed by atoms with van der Waals surface area (Å²) in [7, 11) is 0. The number of rotatable bonds is 7. The smallest absolute Gasteiger partial charge is 0.309 e. The lowest BCUT2D eigenvalue weighted by molar-refractivity contribution is -0.232. The van der Waals surface area contributed by atoms with E-state index in [2.05, 4.69) is 48.5 Å². The van der Waals surface area contributed by atoms with Crippen LogP contribution in [0.5, 0.6) is 0 Å². The molecule has 9 heteroatoms. The molecule has 0 saturated heterocycles. The number of benzene rings is 1. The molecule has 0 radical (unpaired) electrons. The van der Waals surface area contributed by atoms with Crippen molar-refractivity contribution in [1.29, 1.82) is 0 Å². The topological polar surface area (TPSA) is 106 Å². The predicted molar refractivity (Wildman–Crippen MR) is 205 cm³/mol. The van der Waals surface area contributed by atoms with Crippen LogP contribution in [0.2, 0.25) is 5.02 Å². The van der Waals surface area contributed by atoms with Crippen LogP contribution in [0.1, 0.15) is 132 Å². The second-order valence-electron chi connectivity index (χ2n) is 19.4. The Kier molecular flexibility index (Phi) is 9.05. The van der Waals surface area contributed by atoms with Gasteiger partial charge in [-0.25, -0.2) is 0 Å². The molecule has 52 heavy (non-hydrogen) atoms. The molecule has 5 aliphatic carbocycles. The Morgan fingerprint density at radius 3 is 2.29 bits per heavy atom. The van der Waals surface area contributed by atoms with Crippen molar-refractivity contribution in [1.82, 2.24) is 10.2 Å². The molecule has 1 aromatic carbocycles. The quantitative estimate of drug-likeness (QED) is 0.281. The summed E-state index contributed by atoms with van der Waals surface area (Å²) in [6.45, 7) is 19.8. The molecule has 1 aromatic heterocycles. The Bertz CT molecular complexity index is 1830. The van der Waals surface area contributed by atoms with Gasteiger partial charge < -0.3 is 9.84 Å². The molecule has 282 valence electrons. The molecular weight excluding hydrogens is 692 g/mol. The number of halogens is 1. The van der Waals surface area contributed by atoms with Crippen LogP contribution in [-0.4, -0.2) is 39.1 Å². The average Bonchev–Trinajstić information content (AvgIpc) is 3.66. The minimum absolute atomic E-state index is 0.0209. The number of nitrogens with zero attached hydrogens (tertiary/aromatic N) is 2. The second kappa shape index (κ2) is 12.5. The van der Waals surface area contributed by atoms with E-state index in [0.29, 0.717) is 35.0 Å². The van der Waals surface area contributed by atoms with Gasteiger partial charge in [0.1, 0.15) is 16.1 Å². The zero-order valence-corrected chi connectivity index (χ0v) is 34.1. The number of hydrogen-bond acceptors (Lipinski definition) is 7. The molecule has 0 bridgehead atoms. The highest BCUT2D eigenvalue weighted by molar-refractivity contribution is 7.14. The molecule has 0 spiro atoms. The maximum atomic E-state index is 14.2. The molecule has 4 saturated carbocycles. The van der Waals surface area contributed by atoms with Crippen molar-refractivity contribution in [2.75, 3.05) is 0 Å². The van der Waals surface area contributed by atoms with Gasteiger partial charge in [0.05, 0.1) is 17.3 Å². The van der Waals surface area contributed by atoms with Crippen LogP contribution in [0.4, 0.5) is 0 Å². The highest BCUT2D eigenvalue weighted by Crippen LogP contribution is 2.77. The third-order valence-electron chi connectivity index (χ3n) is 15.7. The lowest BCUT2D eigenvalue weighted by Crippen LogP contribution is -2.66. The zero-order chi connectivity index (χ0) is 37.8. The Balaban J connectivity index is 1.20. The first-order chi connectivity index (χ1) is 24.2. The first-order valence-corrected chi connectivity index (χ1v) is 20.7. The van der Waals surface area contributed by atoms with E-state index in [4.69, 9.17) is 26.5 Å². The van der Waals surface area contributed by atoms with Gasteiger partial charge in [-0.15, -0.1) is 10.2 Å². The van der Waals surface area contributed by atoms with Crippen LogP contribution in [0, 0.1) is 50.7 Å². The summed E-state index contributed by atoms with van der Waals surface area (Å²) < 4.78 is 6.18. The van der Waals surface area contributed by atoms with Gasteiger partial charge in [0.15, 0.2) is 5.78 Å². The van der Waals surface area contributed by atoms with Gasteiger partial charge >= 0.3 is 11.9 Å². The van der Waals surface area contributed by atoms with Gasteiger partial charge in [0.2, 0.25) is 0 Å². The van der Waals surface area contributed by atoms with Crippen molar-refractivity contribution in [2.45, 2.75) is 138 Å². The lowest BCUT2D eigenvalue weighted by atomic mass is 9.33. The maximum Gasteiger partial charge on any atom is 0.309 e. The lowest BCUT2D eigenvalue weighted by Gasteiger charge is -2.72. The van der Waals surface area contributed by atoms with E-state index in [1.54, 1.807) is 25.2 Å². The van der Waals surface area contributed by atoms with Gasteiger partial charge in [-0.2, -0.15) is 0 Å². The van der Waals surface area contributed by atoms with Crippen molar-refractivity contribution >= 4 is 40.7 Å². The van der Waals surface area contributed by atoms with Crippen molar-refractivity contribution in [3.05, 3.63) is 45.4 Å². The Morgan fingerprint density at radius 2 is 1.63 bits per heavy atom. The number of carbonyl (C=O) groups is 3. The summed E-state index contributed by atoms with van der Waals surface area (Å²) in [5, 5.41) is 21.7. The van der Waals surface area contributed by atoms with E-state index >= 15 is 0 Å². The number of esters is 1. The van der Waals surface area contributed by atoms with Gasteiger partial charge in [0.25, 0.3) is 0 Å². The van der Waals surface area contributed by atoms with Crippen LogP contribution >= 0.6 is 22.9 Å². The van der Waals surface area contributed by atoms with Crippen molar-refractivity contribution in [3.8, 4) is 10.6 Å². The van der Waals surface area contributed by atoms with Gasteiger partial charge in [0, 0.05) is 22.4 Å². The summed E-state index contributed by atoms with van der Waals surface area (Å²) in [5.41, 5.74) is 1.82. The van der Waals surface area contributed by atoms with E-state index in [1.165, 1.54) is 5.57 Å². The molecule has 5 aliphatic rings. The molecule has 0 aliphatic heterocycles. The average molecular weight is 749 g/mol. The summed E-state index contributed by atoms with van der Waals surface area (Å²) in [4.78, 5) is 39.0. The number of allylic oxidation sites excluding steroid dienone is 2. The summed E-state index contributed by atoms with van der Waals surface area (Å²) in [6, 6.07) is 7.77. The minimum atomic E-state index is -1.16. The number of fused-ring (bicyclic) bond motifs is 7. The molecule has 2 aromatic rings. The van der Waals surface area contributed by atoms with E-state index in [0.717, 1.165) is 72.5 Å². The first-order valence-electron chi connectivity index (χ1n) is 19.5. The summed E-state index contributed by atoms with van der Waals surface area (Å²) in [6.07, 6.45) is 8.21. The number of carbonyl (C=O) groups excluding carboxylic acids is 2. The Labute approximate surface area is 318 Å². The Morgan fingerprint density at radius 1 is 0.942 bits per heavy atom. The number of aromatic nitrogens is 2.